The van der Waals surface area contributed by atoms with Crippen LogP contribution in [0.5, 0.6) is 0 Å². The van der Waals surface area contributed by atoms with Gasteiger partial charge in [0.1, 0.15) is 0 Å². The van der Waals surface area contributed by atoms with E-state index in [2.05, 4.69) is 27.9 Å². The second-order valence-corrected chi connectivity index (χ2v) is 9.74. The third-order valence-corrected chi connectivity index (χ3v) is 8.11. The Kier molecular flexibility index (Phi) is 6.54. The molecule has 0 bridgehead atoms. The number of hydrogen-bond donors (Lipinski definition) is 1. The van der Waals surface area contributed by atoms with Crippen molar-refractivity contribution in [3.05, 3.63) is 62.7 Å². The molecule has 0 radical (unpaired) electrons. The molecule has 144 valence electrons. The fourth-order valence-corrected chi connectivity index (χ4v) is 5.26. The lowest BCUT2D eigenvalue weighted by Gasteiger charge is -2.25. The van der Waals surface area contributed by atoms with E-state index in [9.17, 15) is 13.2 Å². The van der Waals surface area contributed by atoms with Crippen molar-refractivity contribution in [3.63, 3.8) is 0 Å². The van der Waals surface area contributed by atoms with Crippen molar-refractivity contribution in [2.24, 2.45) is 0 Å². The van der Waals surface area contributed by atoms with Crippen molar-refractivity contribution in [1.82, 2.24) is 9.62 Å². The van der Waals surface area contributed by atoms with E-state index in [-0.39, 0.29) is 5.91 Å². The molecule has 3 rings (SSSR count). The molecule has 7 heteroatoms. The van der Waals surface area contributed by atoms with E-state index in [1.54, 1.807) is 34.6 Å². The largest absolute Gasteiger partial charge is 0.348 e. The summed E-state index contributed by atoms with van der Waals surface area (Å²) in [5, 5.41) is 2.90. The molecule has 1 fully saturated rings. The van der Waals surface area contributed by atoms with Gasteiger partial charge in [0.15, 0.2) is 0 Å². The quantitative estimate of drug-likeness (QED) is 0.640. The molecule has 5 nitrogen and oxygen atoms in total. The van der Waals surface area contributed by atoms with Crippen LogP contribution in [0.15, 0.2) is 47.4 Å². The predicted octanol–water partition coefficient (Wildman–Crippen LogP) is 3.70. The minimum absolute atomic E-state index is 0.131. The van der Waals surface area contributed by atoms with Crippen molar-refractivity contribution in [3.8, 4) is 0 Å². The molecule has 0 unspecified atom stereocenters. The minimum Gasteiger partial charge on any atom is -0.348 e. The second kappa shape index (κ2) is 8.70. The van der Waals surface area contributed by atoms with E-state index in [1.807, 2.05) is 19.1 Å². The SMILES string of the molecule is Cc1cccc(C(=O)NCc2ccc(S(=O)(=O)N3CCCCC3)cc2)c1I. The first kappa shape index (κ1) is 20.3. The smallest absolute Gasteiger partial charge is 0.252 e. The third kappa shape index (κ3) is 4.70. The molecule has 1 saturated heterocycles. The number of nitrogens with zero attached hydrogens (tertiary/aromatic N) is 1. The van der Waals surface area contributed by atoms with Gasteiger partial charge in [-0.2, -0.15) is 4.31 Å². The molecule has 1 aliphatic rings. The van der Waals surface area contributed by atoms with Gasteiger partial charge in [-0.05, 0) is 71.7 Å². The van der Waals surface area contributed by atoms with E-state index in [0.29, 0.717) is 30.1 Å². The Morgan fingerprint density at radius 2 is 1.74 bits per heavy atom. The van der Waals surface area contributed by atoms with Crippen LogP contribution in [-0.2, 0) is 16.6 Å². The number of carbonyl (C=O) groups excluding carboxylic acids is 1. The molecule has 1 amide bonds. The number of nitrogens with one attached hydrogen (secondary N) is 1. The van der Waals surface area contributed by atoms with Crippen molar-refractivity contribution in [1.29, 1.82) is 0 Å². The van der Waals surface area contributed by atoms with Crippen LogP contribution in [0.4, 0.5) is 0 Å². The average molecular weight is 498 g/mol. The van der Waals surface area contributed by atoms with E-state index < -0.39 is 10.0 Å². The number of piperidine rings is 1. The Morgan fingerprint density at radius 1 is 1.07 bits per heavy atom. The molecule has 2 aromatic rings. The van der Waals surface area contributed by atoms with Gasteiger partial charge in [-0.25, -0.2) is 8.42 Å². The van der Waals surface area contributed by atoms with Gasteiger partial charge in [-0.1, -0.05) is 30.7 Å². The first-order valence-electron chi connectivity index (χ1n) is 9.02. The van der Waals surface area contributed by atoms with Crippen LogP contribution in [-0.4, -0.2) is 31.7 Å². The highest BCUT2D eigenvalue weighted by Gasteiger charge is 2.25. The number of amides is 1. The molecule has 1 N–H and O–H groups in total. The Balaban J connectivity index is 1.65. The number of carbonyl (C=O) groups is 1. The van der Waals surface area contributed by atoms with Crippen molar-refractivity contribution >= 4 is 38.5 Å². The third-order valence-electron chi connectivity index (χ3n) is 4.77. The van der Waals surface area contributed by atoms with Gasteiger partial charge in [-0.15, -0.1) is 0 Å². The zero-order chi connectivity index (χ0) is 19.4. The first-order chi connectivity index (χ1) is 12.9. The summed E-state index contributed by atoms with van der Waals surface area (Å²) in [6.07, 6.45) is 2.92. The maximum absolute atomic E-state index is 12.7. The zero-order valence-electron chi connectivity index (χ0n) is 15.2. The van der Waals surface area contributed by atoms with Gasteiger partial charge >= 0.3 is 0 Å². The summed E-state index contributed by atoms with van der Waals surface area (Å²) in [6, 6.07) is 12.4. The van der Waals surface area contributed by atoms with Gasteiger partial charge in [0.2, 0.25) is 10.0 Å². The highest BCUT2D eigenvalue weighted by atomic mass is 127. The Hall–Kier alpha value is -1.45. The monoisotopic (exact) mass is 498 g/mol. The lowest BCUT2D eigenvalue weighted by Crippen LogP contribution is -2.35. The summed E-state index contributed by atoms with van der Waals surface area (Å²) < 4.78 is 27.9. The summed E-state index contributed by atoms with van der Waals surface area (Å²) in [5.41, 5.74) is 2.58. The fraction of sp³-hybridized carbons (Fsp3) is 0.350. The number of aryl methyl sites for hydroxylation is 1. The lowest BCUT2D eigenvalue weighted by atomic mass is 10.1. The number of halogens is 1. The molecule has 27 heavy (non-hydrogen) atoms. The number of rotatable bonds is 5. The second-order valence-electron chi connectivity index (χ2n) is 6.73. The lowest BCUT2D eigenvalue weighted by molar-refractivity contribution is 0.0950. The molecule has 0 spiro atoms. The van der Waals surface area contributed by atoms with E-state index >= 15 is 0 Å². The van der Waals surface area contributed by atoms with Crippen LogP contribution < -0.4 is 5.32 Å². The van der Waals surface area contributed by atoms with E-state index in [0.717, 1.165) is 34.0 Å². The molecular weight excluding hydrogens is 475 g/mol. The Bertz CT molecular complexity index is 921. The summed E-state index contributed by atoms with van der Waals surface area (Å²) >= 11 is 2.18. The zero-order valence-corrected chi connectivity index (χ0v) is 18.2. The minimum atomic E-state index is -3.42. The van der Waals surface area contributed by atoms with E-state index in [1.165, 1.54) is 0 Å². The topological polar surface area (TPSA) is 66.5 Å². The summed E-state index contributed by atoms with van der Waals surface area (Å²) in [5.74, 6) is -0.131. The Morgan fingerprint density at radius 3 is 2.41 bits per heavy atom. The normalized spacial score (nSPS) is 15.5. The molecule has 1 heterocycles. The van der Waals surface area contributed by atoms with Gasteiger partial charge in [-0.3, -0.25) is 4.79 Å². The van der Waals surface area contributed by atoms with Crippen LogP contribution in [0.3, 0.4) is 0 Å². The maximum atomic E-state index is 12.7. The molecule has 1 aliphatic heterocycles. The van der Waals surface area contributed by atoms with Crippen LogP contribution in [0.2, 0.25) is 0 Å². The Labute approximate surface area is 174 Å². The average Bonchev–Trinajstić information content (AvgIpc) is 2.69. The van der Waals surface area contributed by atoms with Crippen molar-refractivity contribution in [2.45, 2.75) is 37.6 Å². The van der Waals surface area contributed by atoms with Gasteiger partial charge in [0.05, 0.1) is 10.5 Å². The highest BCUT2D eigenvalue weighted by Crippen LogP contribution is 2.21. The number of benzene rings is 2. The molecule has 0 atom stereocenters. The van der Waals surface area contributed by atoms with Crippen LogP contribution in [0, 0.1) is 10.5 Å². The molecule has 0 aliphatic carbocycles. The van der Waals surface area contributed by atoms with Crippen LogP contribution >= 0.6 is 22.6 Å². The number of sulfonamides is 1. The predicted molar refractivity (Wildman–Crippen MR) is 114 cm³/mol. The molecular formula is C20H23IN2O3S. The fourth-order valence-electron chi connectivity index (χ4n) is 3.13. The number of hydrogen-bond acceptors (Lipinski definition) is 3. The van der Waals surface area contributed by atoms with E-state index in [4.69, 9.17) is 0 Å². The van der Waals surface area contributed by atoms with Crippen molar-refractivity contribution in [2.75, 3.05) is 13.1 Å². The summed E-state index contributed by atoms with van der Waals surface area (Å²) in [7, 11) is -3.42. The molecule has 0 saturated carbocycles. The van der Waals surface area contributed by atoms with Gasteiger partial charge in [0.25, 0.3) is 5.91 Å². The van der Waals surface area contributed by atoms with Crippen LogP contribution in [0.25, 0.3) is 0 Å². The standard InChI is InChI=1S/C20H23IN2O3S/c1-15-6-5-7-18(19(15)21)20(24)22-14-16-8-10-17(11-9-16)27(25,26)23-12-3-2-4-13-23/h5-11H,2-4,12-14H2,1H3,(H,22,24). The summed E-state index contributed by atoms with van der Waals surface area (Å²) in [6.45, 7) is 3.51. The highest BCUT2D eigenvalue weighted by molar-refractivity contribution is 14.1. The molecule has 2 aromatic carbocycles. The first-order valence-corrected chi connectivity index (χ1v) is 11.5. The van der Waals surface area contributed by atoms with Crippen molar-refractivity contribution < 1.29 is 13.2 Å². The van der Waals surface area contributed by atoms with Crippen LogP contribution in [0.1, 0.15) is 40.7 Å². The van der Waals surface area contributed by atoms with Gasteiger partial charge in [0, 0.05) is 23.2 Å². The molecule has 0 aromatic heterocycles. The van der Waals surface area contributed by atoms with Gasteiger partial charge < -0.3 is 5.32 Å². The maximum Gasteiger partial charge on any atom is 0.252 e. The summed E-state index contributed by atoms with van der Waals surface area (Å²) in [4.78, 5) is 12.7.